The number of anilines is 2. The molecule has 5 N–H and O–H groups in total. The minimum absolute atomic E-state index is 0.0562. The molecule has 0 radical (unpaired) electrons. The summed E-state index contributed by atoms with van der Waals surface area (Å²) >= 11 is 1.58. The van der Waals surface area contributed by atoms with Gasteiger partial charge in [0, 0.05) is 18.5 Å². The van der Waals surface area contributed by atoms with E-state index < -0.39 is 6.09 Å². The first kappa shape index (κ1) is 16.3. The zero-order chi connectivity index (χ0) is 17.1. The summed E-state index contributed by atoms with van der Waals surface area (Å²) in [6.45, 7) is 0. The van der Waals surface area contributed by atoms with Gasteiger partial charge in [0.2, 0.25) is 0 Å². The topological polar surface area (TPSA) is 124 Å². The molecule has 24 heavy (non-hydrogen) atoms. The summed E-state index contributed by atoms with van der Waals surface area (Å²) in [5, 5.41) is 26.0. The SMILES string of the molecule is N#CC[C@H]1CC[C@H](Nc2c(N)cnc3ccsc23)C[C@H]1NC(=O)O. The Balaban J connectivity index is 1.78. The molecule has 2 heterocycles. The van der Waals surface area contributed by atoms with Crippen LogP contribution in [0, 0.1) is 17.2 Å². The van der Waals surface area contributed by atoms with Crippen LogP contribution < -0.4 is 16.4 Å². The highest BCUT2D eigenvalue weighted by atomic mass is 32.1. The average molecular weight is 345 g/mol. The lowest BCUT2D eigenvalue weighted by molar-refractivity contribution is 0.174. The Morgan fingerprint density at radius 2 is 2.38 bits per heavy atom. The molecule has 0 spiro atoms. The average Bonchev–Trinajstić information content (AvgIpc) is 3.01. The van der Waals surface area contributed by atoms with E-state index >= 15 is 0 Å². The number of carboxylic acid groups (broad SMARTS) is 1. The molecule has 1 fully saturated rings. The quantitative estimate of drug-likeness (QED) is 0.675. The second-order valence-corrected chi connectivity index (χ2v) is 6.97. The number of aromatic nitrogens is 1. The fraction of sp³-hybridized carbons (Fsp3) is 0.438. The number of hydrogen-bond donors (Lipinski definition) is 4. The lowest BCUT2D eigenvalue weighted by Gasteiger charge is -2.36. The van der Waals surface area contributed by atoms with E-state index in [2.05, 4.69) is 21.7 Å². The van der Waals surface area contributed by atoms with Gasteiger partial charge in [0.05, 0.1) is 33.9 Å². The lowest BCUT2D eigenvalue weighted by Crippen LogP contribution is -2.46. The van der Waals surface area contributed by atoms with Crippen molar-refractivity contribution in [1.29, 1.82) is 5.26 Å². The molecule has 2 aromatic heterocycles. The molecule has 0 unspecified atom stereocenters. The molecule has 8 heteroatoms. The lowest BCUT2D eigenvalue weighted by atomic mass is 9.80. The molecule has 7 nitrogen and oxygen atoms in total. The first-order valence-corrected chi connectivity index (χ1v) is 8.71. The number of nitrogens with zero attached hydrogens (tertiary/aromatic N) is 2. The summed E-state index contributed by atoms with van der Waals surface area (Å²) in [7, 11) is 0. The number of nitrogens with two attached hydrogens (primary N) is 1. The number of nitrogen functional groups attached to an aromatic ring is 1. The molecule has 3 atom stereocenters. The number of nitrogens with one attached hydrogen (secondary N) is 2. The Hall–Kier alpha value is -2.53. The number of nitriles is 1. The molecule has 1 aliphatic rings. The van der Waals surface area contributed by atoms with E-state index in [1.807, 2.05) is 11.4 Å². The van der Waals surface area contributed by atoms with Gasteiger partial charge in [-0.15, -0.1) is 11.3 Å². The van der Waals surface area contributed by atoms with Crippen molar-refractivity contribution in [2.75, 3.05) is 11.1 Å². The van der Waals surface area contributed by atoms with Gasteiger partial charge in [-0.3, -0.25) is 4.98 Å². The predicted molar refractivity (Wildman–Crippen MR) is 94.0 cm³/mol. The molecule has 0 aromatic carbocycles. The van der Waals surface area contributed by atoms with Crippen LogP contribution >= 0.6 is 11.3 Å². The molecule has 0 saturated heterocycles. The Morgan fingerprint density at radius 1 is 1.54 bits per heavy atom. The molecule has 0 aliphatic heterocycles. The van der Waals surface area contributed by atoms with Crippen LogP contribution in [0.2, 0.25) is 0 Å². The van der Waals surface area contributed by atoms with Crippen molar-refractivity contribution < 1.29 is 9.90 Å². The van der Waals surface area contributed by atoms with Gasteiger partial charge in [-0.25, -0.2) is 4.79 Å². The summed E-state index contributed by atoms with van der Waals surface area (Å²) in [6, 6.07) is 3.98. The third-order valence-corrected chi connectivity index (χ3v) is 5.43. The van der Waals surface area contributed by atoms with Gasteiger partial charge in [-0.1, -0.05) is 0 Å². The largest absolute Gasteiger partial charge is 0.465 e. The highest BCUT2D eigenvalue weighted by Gasteiger charge is 2.32. The highest BCUT2D eigenvalue weighted by Crippen LogP contribution is 2.35. The smallest absolute Gasteiger partial charge is 0.404 e. The third kappa shape index (κ3) is 3.36. The maximum Gasteiger partial charge on any atom is 0.404 e. The van der Waals surface area contributed by atoms with E-state index in [0.29, 0.717) is 18.5 Å². The van der Waals surface area contributed by atoms with Crippen molar-refractivity contribution in [3.05, 3.63) is 17.6 Å². The maximum absolute atomic E-state index is 11.0. The first-order chi connectivity index (χ1) is 11.6. The van der Waals surface area contributed by atoms with E-state index in [1.54, 1.807) is 17.5 Å². The van der Waals surface area contributed by atoms with Gasteiger partial charge in [0.15, 0.2) is 0 Å². The fourth-order valence-electron chi connectivity index (χ4n) is 3.34. The van der Waals surface area contributed by atoms with Crippen LogP contribution in [0.4, 0.5) is 16.2 Å². The fourth-order valence-corrected chi connectivity index (χ4v) is 4.21. The van der Waals surface area contributed by atoms with Crippen molar-refractivity contribution in [3.8, 4) is 6.07 Å². The monoisotopic (exact) mass is 345 g/mol. The van der Waals surface area contributed by atoms with Gasteiger partial charge >= 0.3 is 6.09 Å². The minimum atomic E-state index is -1.05. The van der Waals surface area contributed by atoms with Gasteiger partial charge in [-0.2, -0.15) is 5.26 Å². The summed E-state index contributed by atoms with van der Waals surface area (Å²) in [5.41, 5.74) is 8.44. The van der Waals surface area contributed by atoms with Crippen LogP contribution in [-0.2, 0) is 0 Å². The molecule has 1 saturated carbocycles. The van der Waals surface area contributed by atoms with E-state index in [9.17, 15) is 4.79 Å². The standard InChI is InChI=1S/C16H19N5O2S/c17-5-3-9-1-2-10(7-13(9)21-16(22)23)20-14-11(18)8-19-12-4-6-24-15(12)14/h4,6,8-10,13,21H,1-3,7,18H2,(H,19,20)(H,22,23)/t9-,10+,13-/m1/s1. The van der Waals surface area contributed by atoms with E-state index in [-0.39, 0.29) is 18.0 Å². The summed E-state index contributed by atoms with van der Waals surface area (Å²) in [4.78, 5) is 15.3. The molecule has 3 rings (SSSR count). The number of pyridine rings is 1. The second kappa shape index (κ2) is 6.93. The maximum atomic E-state index is 11.0. The number of carbonyl (C=O) groups is 1. The number of thiophene rings is 1. The van der Waals surface area contributed by atoms with Crippen molar-refractivity contribution >= 4 is 39.0 Å². The molecule has 2 aromatic rings. The van der Waals surface area contributed by atoms with Crippen molar-refractivity contribution in [3.63, 3.8) is 0 Å². The van der Waals surface area contributed by atoms with Crippen LogP contribution in [-0.4, -0.2) is 28.3 Å². The van der Waals surface area contributed by atoms with Gasteiger partial charge in [0.25, 0.3) is 0 Å². The molecule has 1 amide bonds. The predicted octanol–water partition coefficient (Wildman–Crippen LogP) is 3.01. The Labute approximate surface area is 143 Å². The van der Waals surface area contributed by atoms with Crippen molar-refractivity contribution in [2.45, 2.75) is 37.8 Å². The summed E-state index contributed by atoms with van der Waals surface area (Å²) in [6.07, 6.45) is 3.27. The minimum Gasteiger partial charge on any atom is -0.465 e. The van der Waals surface area contributed by atoms with E-state index in [1.165, 1.54) is 0 Å². The molecule has 1 aliphatic carbocycles. The second-order valence-electron chi connectivity index (χ2n) is 6.06. The first-order valence-electron chi connectivity index (χ1n) is 7.83. The van der Waals surface area contributed by atoms with Gasteiger partial charge < -0.3 is 21.5 Å². The summed E-state index contributed by atoms with van der Waals surface area (Å²) < 4.78 is 1.01. The normalized spacial score (nSPS) is 23.5. The number of amides is 1. The zero-order valence-corrected chi connectivity index (χ0v) is 13.8. The van der Waals surface area contributed by atoms with Gasteiger partial charge in [0.1, 0.15) is 0 Å². The molecule has 126 valence electrons. The molecule has 0 bridgehead atoms. The number of rotatable bonds is 4. The highest BCUT2D eigenvalue weighted by molar-refractivity contribution is 7.17. The Kier molecular flexibility index (Phi) is 4.71. The van der Waals surface area contributed by atoms with Crippen molar-refractivity contribution in [2.24, 2.45) is 5.92 Å². The zero-order valence-electron chi connectivity index (χ0n) is 13.0. The van der Waals surface area contributed by atoms with Crippen LogP contribution in [0.15, 0.2) is 17.6 Å². The third-order valence-electron chi connectivity index (χ3n) is 4.51. The van der Waals surface area contributed by atoms with Crippen molar-refractivity contribution in [1.82, 2.24) is 10.3 Å². The Bertz CT molecular complexity index is 784. The van der Waals surface area contributed by atoms with Crippen LogP contribution in [0.5, 0.6) is 0 Å². The Morgan fingerprint density at radius 3 is 3.12 bits per heavy atom. The van der Waals surface area contributed by atoms with Crippen LogP contribution in [0.1, 0.15) is 25.7 Å². The van der Waals surface area contributed by atoms with Crippen LogP contribution in [0.25, 0.3) is 10.2 Å². The molecular weight excluding hydrogens is 326 g/mol. The number of fused-ring (bicyclic) bond motifs is 1. The van der Waals surface area contributed by atoms with Gasteiger partial charge in [-0.05, 0) is 36.6 Å². The molecular formula is C16H19N5O2S. The summed E-state index contributed by atoms with van der Waals surface area (Å²) in [5.74, 6) is 0.0562. The number of hydrogen-bond acceptors (Lipinski definition) is 6. The van der Waals surface area contributed by atoms with E-state index in [4.69, 9.17) is 16.1 Å². The van der Waals surface area contributed by atoms with Crippen LogP contribution in [0.3, 0.4) is 0 Å². The van der Waals surface area contributed by atoms with E-state index in [0.717, 1.165) is 28.7 Å².